The lowest BCUT2D eigenvalue weighted by Crippen LogP contribution is -2.05. The molecule has 1 N–H and O–H groups in total. The van der Waals surface area contributed by atoms with Crippen LogP contribution in [0.4, 0.5) is 0 Å². The van der Waals surface area contributed by atoms with Gasteiger partial charge in [-0.25, -0.2) is 4.79 Å². The first-order chi connectivity index (χ1) is 8.66. The fourth-order valence-electron chi connectivity index (χ4n) is 2.35. The first-order valence-corrected chi connectivity index (χ1v) is 5.61. The van der Waals surface area contributed by atoms with Gasteiger partial charge in [0.1, 0.15) is 6.10 Å². The minimum Gasteiger partial charge on any atom is -0.481 e. The maximum Gasteiger partial charge on any atom is 0.339 e. The van der Waals surface area contributed by atoms with Crippen molar-refractivity contribution in [2.75, 3.05) is 0 Å². The van der Waals surface area contributed by atoms with E-state index in [-0.39, 0.29) is 6.42 Å². The van der Waals surface area contributed by atoms with Gasteiger partial charge < -0.3 is 9.84 Å². The second-order valence-corrected chi connectivity index (χ2v) is 4.24. The van der Waals surface area contributed by atoms with Crippen LogP contribution in [-0.2, 0) is 9.53 Å². The normalized spacial score (nSPS) is 17.6. The third-order valence-electron chi connectivity index (χ3n) is 3.12. The zero-order valence-corrected chi connectivity index (χ0v) is 9.42. The van der Waals surface area contributed by atoms with Crippen LogP contribution in [0.5, 0.6) is 0 Å². The Hall–Kier alpha value is -2.36. The Bertz CT molecular complexity index is 660. The lowest BCUT2D eigenvalue weighted by Gasteiger charge is -2.07. The maximum atomic E-state index is 11.9. The summed E-state index contributed by atoms with van der Waals surface area (Å²) >= 11 is 0. The van der Waals surface area contributed by atoms with Crippen LogP contribution < -0.4 is 0 Å². The van der Waals surface area contributed by atoms with Crippen LogP contribution in [0.15, 0.2) is 36.4 Å². The standard InChI is InChI=1S/C14H10O4/c15-12(16)7-11-10-6-5-8-3-1-2-4-9(8)13(10)14(17)18-11/h1-6,11H,7H2,(H,15,16). The van der Waals surface area contributed by atoms with Gasteiger partial charge in [0.15, 0.2) is 0 Å². The molecule has 0 amide bonds. The average molecular weight is 242 g/mol. The first-order valence-electron chi connectivity index (χ1n) is 5.61. The fourth-order valence-corrected chi connectivity index (χ4v) is 2.35. The largest absolute Gasteiger partial charge is 0.481 e. The Labute approximate surface area is 103 Å². The lowest BCUT2D eigenvalue weighted by molar-refractivity contribution is -0.139. The van der Waals surface area contributed by atoms with E-state index in [9.17, 15) is 9.59 Å². The Kier molecular flexibility index (Phi) is 2.30. The van der Waals surface area contributed by atoms with Gasteiger partial charge in [-0.1, -0.05) is 36.4 Å². The molecule has 1 aliphatic heterocycles. The minimum atomic E-state index is -0.978. The molecular weight excluding hydrogens is 232 g/mol. The third kappa shape index (κ3) is 1.54. The van der Waals surface area contributed by atoms with Gasteiger partial charge in [0.25, 0.3) is 0 Å². The van der Waals surface area contributed by atoms with Crippen molar-refractivity contribution >= 4 is 22.7 Å². The van der Waals surface area contributed by atoms with Gasteiger partial charge in [0, 0.05) is 5.56 Å². The van der Waals surface area contributed by atoms with Crippen LogP contribution >= 0.6 is 0 Å². The number of fused-ring (bicyclic) bond motifs is 3. The quantitative estimate of drug-likeness (QED) is 0.822. The summed E-state index contributed by atoms with van der Waals surface area (Å²) in [5, 5.41) is 10.6. The highest BCUT2D eigenvalue weighted by Crippen LogP contribution is 2.37. The minimum absolute atomic E-state index is 0.197. The van der Waals surface area contributed by atoms with E-state index in [2.05, 4.69) is 0 Å². The molecule has 0 radical (unpaired) electrons. The Morgan fingerprint density at radius 2 is 2.00 bits per heavy atom. The van der Waals surface area contributed by atoms with E-state index in [1.165, 1.54) is 0 Å². The van der Waals surface area contributed by atoms with E-state index in [0.717, 1.165) is 10.8 Å². The fraction of sp³-hybridized carbons (Fsp3) is 0.143. The molecule has 1 unspecified atom stereocenters. The SMILES string of the molecule is O=C(O)CC1OC(=O)c2c1ccc1ccccc21. The number of hydrogen-bond acceptors (Lipinski definition) is 3. The third-order valence-corrected chi connectivity index (χ3v) is 3.12. The molecule has 1 aliphatic rings. The summed E-state index contributed by atoms with van der Waals surface area (Å²) in [4.78, 5) is 22.6. The summed E-state index contributed by atoms with van der Waals surface area (Å²) in [7, 11) is 0. The number of carbonyl (C=O) groups excluding carboxylic acids is 1. The summed E-state index contributed by atoms with van der Waals surface area (Å²) < 4.78 is 5.13. The number of hydrogen-bond donors (Lipinski definition) is 1. The second-order valence-electron chi connectivity index (χ2n) is 4.24. The molecular formula is C14H10O4. The number of aliphatic carboxylic acids is 1. The van der Waals surface area contributed by atoms with Gasteiger partial charge in [-0.3, -0.25) is 4.79 Å². The van der Waals surface area contributed by atoms with Crippen molar-refractivity contribution in [3.05, 3.63) is 47.5 Å². The van der Waals surface area contributed by atoms with Gasteiger partial charge in [0.05, 0.1) is 12.0 Å². The predicted molar refractivity (Wildman–Crippen MR) is 64.4 cm³/mol. The van der Waals surface area contributed by atoms with E-state index < -0.39 is 18.0 Å². The summed E-state index contributed by atoms with van der Waals surface area (Å²) in [6, 6.07) is 11.2. The van der Waals surface area contributed by atoms with Gasteiger partial charge in [0.2, 0.25) is 0 Å². The zero-order valence-electron chi connectivity index (χ0n) is 9.42. The number of cyclic esters (lactones) is 1. The van der Waals surface area contributed by atoms with Crippen LogP contribution in [-0.4, -0.2) is 17.0 Å². The number of rotatable bonds is 2. The van der Waals surface area contributed by atoms with E-state index >= 15 is 0 Å². The van der Waals surface area contributed by atoms with Crippen LogP contribution in [0.25, 0.3) is 10.8 Å². The molecule has 0 bridgehead atoms. The predicted octanol–water partition coefficient (Wildman–Crippen LogP) is 2.53. The molecule has 3 rings (SSSR count). The molecule has 18 heavy (non-hydrogen) atoms. The molecule has 1 heterocycles. The number of carboxylic acids is 1. The molecule has 4 heteroatoms. The van der Waals surface area contributed by atoms with E-state index in [4.69, 9.17) is 9.84 Å². The summed E-state index contributed by atoms with van der Waals surface area (Å²) in [5.41, 5.74) is 1.17. The van der Waals surface area contributed by atoms with E-state index in [1.807, 2.05) is 30.3 Å². The molecule has 0 aliphatic carbocycles. The molecule has 0 fully saturated rings. The summed E-state index contributed by atoms with van der Waals surface area (Å²) in [6.07, 6.45) is -0.869. The van der Waals surface area contributed by atoms with Crippen LogP contribution in [0.2, 0.25) is 0 Å². The molecule has 2 aromatic rings. The molecule has 0 saturated carbocycles. The topological polar surface area (TPSA) is 63.6 Å². The smallest absolute Gasteiger partial charge is 0.339 e. The molecule has 0 aromatic heterocycles. The van der Waals surface area contributed by atoms with Gasteiger partial charge in [-0.15, -0.1) is 0 Å². The number of esters is 1. The van der Waals surface area contributed by atoms with Crippen molar-refractivity contribution in [1.29, 1.82) is 0 Å². The zero-order chi connectivity index (χ0) is 12.7. The van der Waals surface area contributed by atoms with Crippen molar-refractivity contribution in [1.82, 2.24) is 0 Å². The highest BCUT2D eigenvalue weighted by atomic mass is 16.5. The van der Waals surface area contributed by atoms with E-state index in [0.29, 0.717) is 11.1 Å². The Morgan fingerprint density at radius 3 is 2.78 bits per heavy atom. The second kappa shape index (κ2) is 3.84. The Balaban J connectivity index is 2.20. The van der Waals surface area contributed by atoms with Crippen molar-refractivity contribution in [2.24, 2.45) is 0 Å². The van der Waals surface area contributed by atoms with Gasteiger partial charge in [-0.2, -0.15) is 0 Å². The van der Waals surface area contributed by atoms with Gasteiger partial charge >= 0.3 is 11.9 Å². The van der Waals surface area contributed by atoms with Gasteiger partial charge in [-0.05, 0) is 10.8 Å². The molecule has 0 spiro atoms. The molecule has 1 atom stereocenters. The highest BCUT2D eigenvalue weighted by Gasteiger charge is 2.33. The monoisotopic (exact) mass is 242 g/mol. The molecule has 90 valence electrons. The number of carboxylic acid groups (broad SMARTS) is 1. The van der Waals surface area contributed by atoms with Crippen LogP contribution in [0, 0.1) is 0 Å². The number of ether oxygens (including phenoxy) is 1. The van der Waals surface area contributed by atoms with Crippen LogP contribution in [0.3, 0.4) is 0 Å². The van der Waals surface area contributed by atoms with Crippen molar-refractivity contribution in [2.45, 2.75) is 12.5 Å². The molecule has 4 nitrogen and oxygen atoms in total. The summed E-state index contributed by atoms with van der Waals surface area (Å²) in [5.74, 6) is -1.41. The Morgan fingerprint density at radius 1 is 1.22 bits per heavy atom. The highest BCUT2D eigenvalue weighted by molar-refractivity contribution is 6.07. The van der Waals surface area contributed by atoms with E-state index in [1.54, 1.807) is 6.07 Å². The lowest BCUT2D eigenvalue weighted by atomic mass is 9.97. The number of benzene rings is 2. The maximum absolute atomic E-state index is 11.9. The van der Waals surface area contributed by atoms with Crippen molar-refractivity contribution in [3.8, 4) is 0 Å². The van der Waals surface area contributed by atoms with Crippen LogP contribution in [0.1, 0.15) is 28.4 Å². The van der Waals surface area contributed by atoms with Crippen molar-refractivity contribution in [3.63, 3.8) is 0 Å². The van der Waals surface area contributed by atoms with Crippen molar-refractivity contribution < 1.29 is 19.4 Å². The number of carbonyl (C=O) groups is 2. The first kappa shape index (κ1) is 10.8. The molecule has 2 aromatic carbocycles. The average Bonchev–Trinajstić information content (AvgIpc) is 2.66. The molecule has 0 saturated heterocycles. The summed E-state index contributed by atoms with van der Waals surface area (Å²) in [6.45, 7) is 0.